The Balaban J connectivity index is 2.47. The van der Waals surface area contributed by atoms with E-state index in [0.717, 1.165) is 19.3 Å². The van der Waals surface area contributed by atoms with E-state index in [1.165, 1.54) is 0 Å². The molecule has 0 aromatic carbocycles. The number of nitriles is 1. The van der Waals surface area contributed by atoms with Gasteiger partial charge in [-0.3, -0.25) is 4.79 Å². The number of carbonyl (C=O) groups excluding carboxylic acids is 1. The minimum atomic E-state index is -0.241. The highest BCUT2D eigenvalue weighted by atomic mass is 16.1. The van der Waals surface area contributed by atoms with Crippen LogP contribution in [-0.4, -0.2) is 11.9 Å². The van der Waals surface area contributed by atoms with E-state index in [1.807, 2.05) is 6.07 Å². The van der Waals surface area contributed by atoms with Crippen molar-refractivity contribution in [1.82, 2.24) is 5.32 Å². The van der Waals surface area contributed by atoms with Gasteiger partial charge in [0, 0.05) is 6.42 Å². The van der Waals surface area contributed by atoms with Crippen molar-refractivity contribution >= 4 is 5.91 Å². The Labute approximate surface area is 60.0 Å². The van der Waals surface area contributed by atoms with Crippen LogP contribution < -0.4 is 5.32 Å². The Bertz CT molecular complexity index is 171. The van der Waals surface area contributed by atoms with Crippen molar-refractivity contribution in [2.75, 3.05) is 0 Å². The van der Waals surface area contributed by atoms with Crippen molar-refractivity contribution in [1.29, 1.82) is 5.26 Å². The van der Waals surface area contributed by atoms with Crippen LogP contribution in [0.5, 0.6) is 0 Å². The van der Waals surface area contributed by atoms with Crippen LogP contribution in [-0.2, 0) is 4.79 Å². The van der Waals surface area contributed by atoms with Crippen LogP contribution in [0.3, 0.4) is 0 Å². The summed E-state index contributed by atoms with van der Waals surface area (Å²) in [5, 5.41) is 11.1. The van der Waals surface area contributed by atoms with Crippen molar-refractivity contribution in [2.24, 2.45) is 0 Å². The van der Waals surface area contributed by atoms with Gasteiger partial charge in [0.15, 0.2) is 0 Å². The van der Waals surface area contributed by atoms with Crippen molar-refractivity contribution in [3.8, 4) is 6.07 Å². The lowest BCUT2D eigenvalue weighted by molar-refractivity contribution is -0.121. The van der Waals surface area contributed by atoms with E-state index < -0.39 is 0 Å². The molecule has 10 heavy (non-hydrogen) atoms. The van der Waals surface area contributed by atoms with Gasteiger partial charge in [-0.1, -0.05) is 0 Å². The molecule has 1 fully saturated rings. The molecule has 0 aromatic rings. The highest BCUT2D eigenvalue weighted by molar-refractivity contribution is 5.76. The standard InChI is InChI=1S/C7H10N2O/c8-5-6-3-1-2-4-7(10)9-6/h6H,1-4H2,(H,9,10)/t6-/m1/s1. The maximum atomic E-state index is 10.8. The largest absolute Gasteiger partial charge is 0.340 e. The van der Waals surface area contributed by atoms with Crippen molar-refractivity contribution < 1.29 is 4.79 Å². The summed E-state index contributed by atoms with van der Waals surface area (Å²) < 4.78 is 0. The number of hydrogen-bond donors (Lipinski definition) is 1. The lowest BCUT2D eigenvalue weighted by atomic mass is 10.1. The zero-order valence-electron chi connectivity index (χ0n) is 5.76. The molecule has 1 aliphatic heterocycles. The van der Waals surface area contributed by atoms with Crippen LogP contribution in [0.4, 0.5) is 0 Å². The Kier molecular flexibility index (Phi) is 2.27. The third-order valence-electron chi connectivity index (χ3n) is 1.64. The molecule has 1 atom stereocenters. The Morgan fingerprint density at radius 3 is 3.10 bits per heavy atom. The third-order valence-corrected chi connectivity index (χ3v) is 1.64. The number of rotatable bonds is 0. The molecular weight excluding hydrogens is 128 g/mol. The average molecular weight is 138 g/mol. The van der Waals surface area contributed by atoms with Crippen molar-refractivity contribution in [3.05, 3.63) is 0 Å². The van der Waals surface area contributed by atoms with Gasteiger partial charge in [0.1, 0.15) is 6.04 Å². The fourth-order valence-electron chi connectivity index (χ4n) is 1.07. The summed E-state index contributed by atoms with van der Waals surface area (Å²) in [6, 6.07) is 1.80. The molecule has 1 heterocycles. The minimum absolute atomic E-state index is 0.0176. The van der Waals surface area contributed by atoms with E-state index in [-0.39, 0.29) is 11.9 Å². The first-order valence-electron chi connectivity index (χ1n) is 3.52. The van der Waals surface area contributed by atoms with Gasteiger partial charge in [-0.2, -0.15) is 5.26 Å². The van der Waals surface area contributed by atoms with Crippen molar-refractivity contribution in [2.45, 2.75) is 31.7 Å². The average Bonchev–Trinajstić information content (AvgIpc) is 2.13. The van der Waals surface area contributed by atoms with Gasteiger partial charge in [-0.15, -0.1) is 0 Å². The van der Waals surface area contributed by atoms with Crippen LogP contribution in [0.15, 0.2) is 0 Å². The summed E-state index contributed by atoms with van der Waals surface area (Å²) in [5.41, 5.74) is 0. The van der Waals surface area contributed by atoms with Gasteiger partial charge in [0.2, 0.25) is 5.91 Å². The van der Waals surface area contributed by atoms with Gasteiger partial charge in [0.25, 0.3) is 0 Å². The number of amides is 1. The van der Waals surface area contributed by atoms with E-state index in [0.29, 0.717) is 6.42 Å². The normalized spacial score (nSPS) is 26.3. The van der Waals surface area contributed by atoms with Gasteiger partial charge in [0.05, 0.1) is 6.07 Å². The lowest BCUT2D eigenvalue weighted by Crippen LogP contribution is -2.31. The molecule has 1 N–H and O–H groups in total. The zero-order chi connectivity index (χ0) is 7.40. The number of carbonyl (C=O) groups is 1. The summed E-state index contributed by atoms with van der Waals surface area (Å²) in [4.78, 5) is 10.8. The first kappa shape index (κ1) is 7.07. The predicted octanol–water partition coefficient (Wildman–Crippen LogP) is 0.569. The molecule has 1 rings (SSSR count). The number of nitrogens with one attached hydrogen (secondary N) is 1. The molecule has 0 unspecified atom stereocenters. The first-order chi connectivity index (χ1) is 4.83. The first-order valence-corrected chi connectivity index (χ1v) is 3.52. The maximum absolute atomic E-state index is 10.8. The van der Waals surface area contributed by atoms with E-state index in [1.54, 1.807) is 0 Å². The molecule has 0 bridgehead atoms. The summed E-state index contributed by atoms with van der Waals surface area (Å²) in [5.74, 6) is 0.0176. The fourth-order valence-corrected chi connectivity index (χ4v) is 1.07. The monoisotopic (exact) mass is 138 g/mol. The van der Waals surface area contributed by atoms with Crippen LogP contribution in [0.25, 0.3) is 0 Å². The number of hydrogen-bond acceptors (Lipinski definition) is 2. The minimum Gasteiger partial charge on any atom is -0.340 e. The second kappa shape index (κ2) is 3.21. The molecule has 0 radical (unpaired) electrons. The SMILES string of the molecule is N#C[C@H]1CCCCC(=O)N1. The number of nitrogens with zero attached hydrogens (tertiary/aromatic N) is 1. The van der Waals surface area contributed by atoms with Gasteiger partial charge in [-0.05, 0) is 19.3 Å². The maximum Gasteiger partial charge on any atom is 0.221 e. The molecule has 0 spiro atoms. The topological polar surface area (TPSA) is 52.9 Å². The Morgan fingerprint density at radius 1 is 1.60 bits per heavy atom. The lowest BCUT2D eigenvalue weighted by Gasteiger charge is -2.04. The molecule has 1 aliphatic rings. The Morgan fingerprint density at radius 2 is 2.40 bits per heavy atom. The second-order valence-corrected chi connectivity index (χ2v) is 2.49. The molecule has 1 amide bonds. The molecule has 1 saturated heterocycles. The summed E-state index contributed by atoms with van der Waals surface area (Å²) in [7, 11) is 0. The molecule has 54 valence electrons. The van der Waals surface area contributed by atoms with Gasteiger partial charge >= 0.3 is 0 Å². The quantitative estimate of drug-likeness (QED) is 0.532. The molecule has 0 aromatic heterocycles. The van der Waals surface area contributed by atoms with Crippen molar-refractivity contribution in [3.63, 3.8) is 0 Å². The van der Waals surface area contributed by atoms with Crippen LogP contribution >= 0.6 is 0 Å². The molecule has 0 saturated carbocycles. The molecular formula is C7H10N2O. The summed E-state index contributed by atoms with van der Waals surface area (Å²) in [6.07, 6.45) is 3.29. The summed E-state index contributed by atoms with van der Waals surface area (Å²) in [6.45, 7) is 0. The molecule has 0 aliphatic carbocycles. The van der Waals surface area contributed by atoms with E-state index in [4.69, 9.17) is 5.26 Å². The zero-order valence-corrected chi connectivity index (χ0v) is 5.76. The fraction of sp³-hybridized carbons (Fsp3) is 0.714. The highest BCUT2D eigenvalue weighted by Crippen LogP contribution is 2.07. The summed E-state index contributed by atoms with van der Waals surface area (Å²) >= 11 is 0. The van der Waals surface area contributed by atoms with E-state index in [9.17, 15) is 4.79 Å². The van der Waals surface area contributed by atoms with Gasteiger partial charge in [-0.25, -0.2) is 0 Å². The van der Waals surface area contributed by atoms with E-state index in [2.05, 4.69) is 5.32 Å². The van der Waals surface area contributed by atoms with Crippen LogP contribution in [0.1, 0.15) is 25.7 Å². The predicted molar refractivity (Wildman–Crippen MR) is 36.0 cm³/mol. The third kappa shape index (κ3) is 1.73. The second-order valence-electron chi connectivity index (χ2n) is 2.49. The smallest absolute Gasteiger partial charge is 0.221 e. The molecule has 3 nitrogen and oxygen atoms in total. The highest BCUT2D eigenvalue weighted by Gasteiger charge is 2.14. The van der Waals surface area contributed by atoms with Crippen LogP contribution in [0.2, 0.25) is 0 Å². The molecule has 3 heteroatoms. The van der Waals surface area contributed by atoms with Crippen LogP contribution in [0, 0.1) is 11.3 Å². The van der Waals surface area contributed by atoms with E-state index >= 15 is 0 Å². The Hall–Kier alpha value is -1.04. The van der Waals surface area contributed by atoms with Gasteiger partial charge < -0.3 is 5.32 Å².